The molecule has 1 heterocycles. The van der Waals surface area contributed by atoms with Crippen LogP contribution in [0, 0.1) is 0 Å². The van der Waals surface area contributed by atoms with Crippen LogP contribution in [-0.2, 0) is 10.0 Å². The number of sulfonamides is 1. The Bertz CT molecular complexity index is 329. The molecule has 0 amide bonds. The highest BCUT2D eigenvalue weighted by molar-refractivity contribution is 7.89. The summed E-state index contributed by atoms with van der Waals surface area (Å²) in [6.45, 7) is 3.19. The van der Waals surface area contributed by atoms with Gasteiger partial charge >= 0.3 is 0 Å². The van der Waals surface area contributed by atoms with E-state index in [4.69, 9.17) is 5.11 Å². The molecule has 0 aliphatic carbocycles. The minimum atomic E-state index is -3.29. The second-order valence-corrected chi connectivity index (χ2v) is 3.83. The topological polar surface area (TPSA) is 96.2 Å². The fraction of sp³-hybridized carbons (Fsp3) is 0.143. The second-order valence-electron chi connectivity index (χ2n) is 2.17. The van der Waals surface area contributed by atoms with E-state index in [2.05, 4.69) is 16.7 Å². The number of hydrogen-bond acceptors (Lipinski definition) is 3. The molecule has 0 aliphatic rings. The lowest BCUT2D eigenvalue weighted by Crippen LogP contribution is -2.14. The van der Waals surface area contributed by atoms with E-state index in [1.165, 1.54) is 6.08 Å². The van der Waals surface area contributed by atoms with Gasteiger partial charge in [-0.25, -0.2) is 13.6 Å². The molecule has 0 radical (unpaired) electrons. The molecular weight excluding hydrogens is 192 g/mol. The lowest BCUT2D eigenvalue weighted by molar-refractivity contribution is 0.457. The molecule has 0 saturated carbocycles. The molecule has 74 valence electrons. The van der Waals surface area contributed by atoms with Gasteiger partial charge in [-0.2, -0.15) is 0 Å². The van der Waals surface area contributed by atoms with Gasteiger partial charge in [0.15, 0.2) is 5.88 Å². The third kappa shape index (κ3) is 8.64. The van der Waals surface area contributed by atoms with Crippen molar-refractivity contribution in [1.82, 2.24) is 4.98 Å². The first-order valence-corrected chi connectivity index (χ1v) is 5.11. The molecule has 13 heavy (non-hydrogen) atoms. The summed E-state index contributed by atoms with van der Waals surface area (Å²) in [7, 11) is -3.29. The maximum absolute atomic E-state index is 9.94. The van der Waals surface area contributed by atoms with Crippen LogP contribution in [0.3, 0.4) is 0 Å². The Morgan fingerprint density at radius 1 is 1.69 bits per heavy atom. The average Bonchev–Trinajstić information content (AvgIpc) is 2.38. The van der Waals surface area contributed by atoms with Crippen molar-refractivity contribution in [2.24, 2.45) is 5.14 Å². The van der Waals surface area contributed by atoms with E-state index in [0.717, 1.165) is 0 Å². The molecule has 0 fully saturated rings. The van der Waals surface area contributed by atoms with Crippen LogP contribution in [0.1, 0.15) is 0 Å². The van der Waals surface area contributed by atoms with Gasteiger partial charge in [0.2, 0.25) is 10.0 Å². The van der Waals surface area contributed by atoms with Crippen molar-refractivity contribution in [1.29, 1.82) is 0 Å². The van der Waals surface area contributed by atoms with Crippen molar-refractivity contribution in [2.75, 3.05) is 5.75 Å². The van der Waals surface area contributed by atoms with Crippen LogP contribution in [0.5, 0.6) is 5.88 Å². The summed E-state index contributed by atoms with van der Waals surface area (Å²) in [6, 6.07) is 3.31. The normalized spacial score (nSPS) is 9.92. The van der Waals surface area contributed by atoms with Crippen molar-refractivity contribution in [3.05, 3.63) is 31.0 Å². The molecule has 0 unspecified atom stereocenters. The van der Waals surface area contributed by atoms with E-state index >= 15 is 0 Å². The van der Waals surface area contributed by atoms with Gasteiger partial charge in [-0.15, -0.1) is 6.58 Å². The summed E-state index contributed by atoms with van der Waals surface area (Å²) in [6.07, 6.45) is 2.91. The Kier molecular flexibility index (Phi) is 4.86. The lowest BCUT2D eigenvalue weighted by atomic mass is 10.7. The zero-order chi connectivity index (χ0) is 10.3. The van der Waals surface area contributed by atoms with E-state index in [9.17, 15) is 8.42 Å². The number of aromatic hydroxyl groups is 1. The van der Waals surface area contributed by atoms with E-state index in [-0.39, 0.29) is 11.6 Å². The minimum Gasteiger partial charge on any atom is -0.495 e. The first-order valence-electron chi connectivity index (χ1n) is 3.39. The van der Waals surface area contributed by atoms with Crippen molar-refractivity contribution in [3.8, 4) is 5.88 Å². The summed E-state index contributed by atoms with van der Waals surface area (Å²) in [5, 5.41) is 13.0. The Labute approximate surface area is 76.9 Å². The van der Waals surface area contributed by atoms with Gasteiger partial charge in [-0.05, 0) is 12.1 Å². The second kappa shape index (κ2) is 5.39. The highest BCUT2D eigenvalue weighted by Gasteiger charge is 1.93. The molecule has 0 aliphatic heterocycles. The molecule has 1 aromatic rings. The zero-order valence-corrected chi connectivity index (χ0v) is 7.79. The van der Waals surface area contributed by atoms with E-state index in [0.29, 0.717) is 0 Å². The van der Waals surface area contributed by atoms with Crippen LogP contribution in [-0.4, -0.2) is 24.3 Å². The van der Waals surface area contributed by atoms with Crippen LogP contribution in [0.4, 0.5) is 0 Å². The molecule has 0 saturated heterocycles. The third-order valence-electron chi connectivity index (χ3n) is 0.932. The summed E-state index contributed by atoms with van der Waals surface area (Å²) in [4.78, 5) is 2.56. The summed E-state index contributed by atoms with van der Waals surface area (Å²) >= 11 is 0. The SMILES string of the molecule is C=CCS(N)(=O)=O.Oc1ccc[nH]1. The van der Waals surface area contributed by atoms with Crippen molar-refractivity contribution in [2.45, 2.75) is 0 Å². The van der Waals surface area contributed by atoms with Crippen LogP contribution in [0.25, 0.3) is 0 Å². The molecule has 0 aromatic carbocycles. The van der Waals surface area contributed by atoms with Gasteiger partial charge in [0, 0.05) is 6.20 Å². The maximum atomic E-state index is 9.94. The first-order chi connectivity index (χ1) is 5.95. The van der Waals surface area contributed by atoms with E-state index in [1.807, 2.05) is 0 Å². The number of nitrogens with two attached hydrogens (primary N) is 1. The van der Waals surface area contributed by atoms with E-state index < -0.39 is 10.0 Å². The van der Waals surface area contributed by atoms with Crippen molar-refractivity contribution in [3.63, 3.8) is 0 Å². The van der Waals surface area contributed by atoms with Crippen LogP contribution >= 0.6 is 0 Å². The predicted octanol–water partition coefficient (Wildman–Crippen LogP) is 0.181. The van der Waals surface area contributed by atoms with Gasteiger partial charge in [0.25, 0.3) is 0 Å². The molecule has 1 rings (SSSR count). The Balaban J connectivity index is 0.000000223. The maximum Gasteiger partial charge on any atom is 0.212 e. The number of nitrogens with one attached hydrogen (secondary N) is 1. The standard InChI is InChI=1S/C4H5NO.C3H7NO2S/c6-4-2-1-3-5-4;1-2-3-7(4,5)6/h1-3,5-6H;2H,1,3H2,(H2,4,5,6). The minimum absolute atomic E-state index is 0.146. The van der Waals surface area contributed by atoms with Crippen molar-refractivity contribution < 1.29 is 13.5 Å². The number of aromatic nitrogens is 1. The van der Waals surface area contributed by atoms with Gasteiger partial charge in [-0.3, -0.25) is 0 Å². The summed E-state index contributed by atoms with van der Waals surface area (Å²) < 4.78 is 19.9. The smallest absolute Gasteiger partial charge is 0.212 e. The number of hydrogen-bond donors (Lipinski definition) is 3. The predicted molar refractivity (Wildman–Crippen MR) is 50.6 cm³/mol. The summed E-state index contributed by atoms with van der Waals surface area (Å²) in [5.74, 6) is 0.0718. The Morgan fingerprint density at radius 3 is 2.38 bits per heavy atom. The van der Waals surface area contributed by atoms with Crippen LogP contribution in [0.15, 0.2) is 31.0 Å². The summed E-state index contributed by atoms with van der Waals surface area (Å²) in [5.41, 5.74) is 0. The highest BCUT2D eigenvalue weighted by atomic mass is 32.2. The monoisotopic (exact) mass is 204 g/mol. The van der Waals surface area contributed by atoms with E-state index in [1.54, 1.807) is 18.3 Å². The molecule has 5 nitrogen and oxygen atoms in total. The quantitative estimate of drug-likeness (QED) is 0.599. The molecule has 0 bridgehead atoms. The Morgan fingerprint density at radius 2 is 2.31 bits per heavy atom. The lowest BCUT2D eigenvalue weighted by Gasteiger charge is -1.83. The number of H-pyrrole nitrogens is 1. The number of aromatic amines is 1. The van der Waals surface area contributed by atoms with Crippen LogP contribution in [0.2, 0.25) is 0 Å². The molecule has 0 atom stereocenters. The van der Waals surface area contributed by atoms with Gasteiger partial charge in [0.1, 0.15) is 0 Å². The fourth-order valence-corrected chi connectivity index (χ4v) is 0.814. The number of primary sulfonamides is 1. The van der Waals surface area contributed by atoms with Gasteiger partial charge < -0.3 is 10.1 Å². The fourth-order valence-electron chi connectivity index (χ4n) is 0.485. The molecule has 4 N–H and O–H groups in total. The molecular formula is C7H12N2O3S. The molecule has 6 heteroatoms. The molecule has 1 aromatic heterocycles. The van der Waals surface area contributed by atoms with Gasteiger partial charge in [-0.1, -0.05) is 6.08 Å². The molecule has 0 spiro atoms. The zero-order valence-electron chi connectivity index (χ0n) is 6.97. The average molecular weight is 204 g/mol. The first kappa shape index (κ1) is 11.7. The Hall–Kier alpha value is -1.27. The largest absolute Gasteiger partial charge is 0.495 e. The van der Waals surface area contributed by atoms with Crippen LogP contribution < -0.4 is 5.14 Å². The van der Waals surface area contributed by atoms with Crippen molar-refractivity contribution >= 4 is 10.0 Å². The van der Waals surface area contributed by atoms with Gasteiger partial charge in [0.05, 0.1) is 5.75 Å². The number of rotatable bonds is 2. The third-order valence-corrected chi connectivity index (χ3v) is 1.63. The highest BCUT2D eigenvalue weighted by Crippen LogP contribution is 1.97.